The van der Waals surface area contributed by atoms with E-state index in [4.69, 9.17) is 21.1 Å². The van der Waals surface area contributed by atoms with Gasteiger partial charge in [-0.25, -0.2) is 4.98 Å². The predicted molar refractivity (Wildman–Crippen MR) is 134 cm³/mol. The molecule has 1 N–H and O–H groups in total. The molecule has 9 heteroatoms. The Kier molecular flexibility index (Phi) is 6.03. The molecule has 0 saturated carbocycles. The third-order valence-electron chi connectivity index (χ3n) is 5.24. The van der Waals surface area contributed by atoms with Gasteiger partial charge < -0.3 is 14.5 Å². The van der Waals surface area contributed by atoms with Crippen LogP contribution in [0.1, 0.15) is 6.92 Å². The molecule has 0 unspecified atom stereocenters. The molecule has 0 amide bonds. The highest BCUT2D eigenvalue weighted by molar-refractivity contribution is 6.31. The number of hydrogen-bond donors (Lipinski definition) is 1. The zero-order chi connectivity index (χ0) is 24.4. The number of para-hydroxylation sites is 2. The van der Waals surface area contributed by atoms with E-state index < -0.39 is 5.56 Å². The summed E-state index contributed by atoms with van der Waals surface area (Å²) in [5, 5.41) is 4.58. The van der Waals surface area contributed by atoms with Crippen molar-refractivity contribution in [2.75, 3.05) is 6.61 Å². The van der Waals surface area contributed by atoms with Crippen LogP contribution in [0.5, 0.6) is 17.2 Å². The highest BCUT2D eigenvalue weighted by Gasteiger charge is 2.16. The minimum absolute atomic E-state index is 0.0924. The number of rotatable bonds is 6. The minimum atomic E-state index is -0.511. The van der Waals surface area contributed by atoms with Gasteiger partial charge in [-0.15, -0.1) is 0 Å². The summed E-state index contributed by atoms with van der Waals surface area (Å²) in [5.41, 5.74) is 1.06. The van der Waals surface area contributed by atoms with E-state index in [1.165, 1.54) is 10.9 Å². The molecule has 0 saturated heterocycles. The lowest BCUT2D eigenvalue weighted by molar-refractivity contribution is 0.321. The molecule has 2 heterocycles. The van der Waals surface area contributed by atoms with E-state index in [1.807, 2.05) is 19.1 Å². The van der Waals surface area contributed by atoms with E-state index in [1.54, 1.807) is 60.7 Å². The lowest BCUT2D eigenvalue weighted by Gasteiger charge is -2.14. The summed E-state index contributed by atoms with van der Waals surface area (Å²) in [4.78, 5) is 32.6. The van der Waals surface area contributed by atoms with Crippen molar-refractivity contribution < 1.29 is 9.47 Å². The van der Waals surface area contributed by atoms with Gasteiger partial charge in [0, 0.05) is 5.56 Å². The predicted octanol–water partition coefficient (Wildman–Crippen LogP) is 4.98. The summed E-state index contributed by atoms with van der Waals surface area (Å²) in [6, 6.07) is 21.2. The molecule has 0 fully saturated rings. The van der Waals surface area contributed by atoms with Gasteiger partial charge in [0.1, 0.15) is 5.82 Å². The number of nitrogens with one attached hydrogen (secondary N) is 1. The Morgan fingerprint density at radius 1 is 0.943 bits per heavy atom. The van der Waals surface area contributed by atoms with Gasteiger partial charge in [0.2, 0.25) is 0 Å². The topological polar surface area (TPSA) is 99.1 Å². The van der Waals surface area contributed by atoms with Gasteiger partial charge in [0.15, 0.2) is 22.3 Å². The molecule has 5 rings (SSSR count). The van der Waals surface area contributed by atoms with Crippen molar-refractivity contribution in [1.82, 2.24) is 19.7 Å². The second kappa shape index (κ2) is 9.44. The van der Waals surface area contributed by atoms with Crippen LogP contribution < -0.4 is 20.6 Å². The average Bonchev–Trinajstić information content (AvgIpc) is 2.88. The Bertz CT molecular complexity index is 1650. The van der Waals surface area contributed by atoms with Crippen LogP contribution in [-0.4, -0.2) is 26.4 Å². The van der Waals surface area contributed by atoms with Gasteiger partial charge in [-0.1, -0.05) is 41.9 Å². The molecule has 0 aliphatic heterocycles. The summed E-state index contributed by atoms with van der Waals surface area (Å²) in [7, 11) is 0. The highest BCUT2D eigenvalue weighted by atomic mass is 35.5. The van der Waals surface area contributed by atoms with E-state index in [0.29, 0.717) is 46.1 Å². The first-order valence-electron chi connectivity index (χ1n) is 10.8. The quantitative estimate of drug-likeness (QED) is 0.363. The fourth-order valence-electron chi connectivity index (χ4n) is 3.59. The summed E-state index contributed by atoms with van der Waals surface area (Å²) < 4.78 is 12.9. The van der Waals surface area contributed by atoms with Gasteiger partial charge in [-0.2, -0.15) is 9.78 Å². The van der Waals surface area contributed by atoms with E-state index in [9.17, 15) is 9.59 Å². The standard InChI is InChI=1S/C26H19ClN4O4/c1-2-34-21-14-16(24-29-19-11-7-6-10-18(19)25(32)30-24)12-13-20(21)35-22-15-28-31(26(33)23(22)27)17-8-4-3-5-9-17/h3-15H,2H2,1H3,(H,29,30,32). The zero-order valence-electron chi connectivity index (χ0n) is 18.6. The van der Waals surface area contributed by atoms with Gasteiger partial charge in [-0.05, 0) is 49.4 Å². The third-order valence-corrected chi connectivity index (χ3v) is 5.59. The molecule has 2 aromatic heterocycles. The monoisotopic (exact) mass is 486 g/mol. The molecule has 0 aliphatic rings. The number of aromatic nitrogens is 4. The van der Waals surface area contributed by atoms with Crippen LogP contribution in [0, 0.1) is 0 Å². The van der Waals surface area contributed by atoms with E-state index in [0.717, 1.165) is 0 Å². The molecule has 3 aromatic carbocycles. The molecule has 5 aromatic rings. The SMILES string of the molecule is CCOc1cc(-c2nc3ccccc3c(=O)[nH]2)ccc1Oc1cnn(-c2ccccc2)c(=O)c1Cl. The van der Waals surface area contributed by atoms with Crippen LogP contribution in [0.4, 0.5) is 0 Å². The molecular weight excluding hydrogens is 468 g/mol. The van der Waals surface area contributed by atoms with Crippen LogP contribution in [-0.2, 0) is 0 Å². The van der Waals surface area contributed by atoms with Crippen LogP contribution in [0.15, 0.2) is 88.6 Å². The van der Waals surface area contributed by atoms with Gasteiger partial charge in [-0.3, -0.25) is 9.59 Å². The van der Waals surface area contributed by atoms with Crippen molar-refractivity contribution in [2.45, 2.75) is 6.92 Å². The summed E-state index contributed by atoms with van der Waals surface area (Å²) in [5.74, 6) is 1.21. The van der Waals surface area contributed by atoms with Gasteiger partial charge in [0.05, 0.1) is 29.4 Å². The van der Waals surface area contributed by atoms with Crippen molar-refractivity contribution in [3.63, 3.8) is 0 Å². The molecule has 0 radical (unpaired) electrons. The smallest absolute Gasteiger partial charge is 0.294 e. The molecule has 35 heavy (non-hydrogen) atoms. The van der Waals surface area contributed by atoms with Gasteiger partial charge >= 0.3 is 0 Å². The maximum atomic E-state index is 12.8. The first-order valence-corrected chi connectivity index (χ1v) is 11.2. The Hall–Kier alpha value is -4.43. The van der Waals surface area contributed by atoms with Crippen molar-refractivity contribution in [1.29, 1.82) is 0 Å². The highest BCUT2D eigenvalue weighted by Crippen LogP contribution is 2.36. The fourth-order valence-corrected chi connectivity index (χ4v) is 3.76. The summed E-state index contributed by atoms with van der Waals surface area (Å²) in [6.45, 7) is 2.20. The third kappa shape index (κ3) is 4.39. The number of fused-ring (bicyclic) bond motifs is 1. The second-order valence-corrected chi connectivity index (χ2v) is 7.88. The lowest BCUT2D eigenvalue weighted by Crippen LogP contribution is -2.21. The number of H-pyrrole nitrogens is 1. The first kappa shape index (κ1) is 22.4. The molecule has 0 spiro atoms. The molecule has 0 aliphatic carbocycles. The Morgan fingerprint density at radius 2 is 1.71 bits per heavy atom. The zero-order valence-corrected chi connectivity index (χ0v) is 19.3. The Morgan fingerprint density at radius 3 is 2.51 bits per heavy atom. The lowest BCUT2D eigenvalue weighted by atomic mass is 10.1. The van der Waals surface area contributed by atoms with Crippen LogP contribution in [0.25, 0.3) is 28.0 Å². The van der Waals surface area contributed by atoms with Gasteiger partial charge in [0.25, 0.3) is 11.1 Å². The molecular formula is C26H19ClN4O4. The summed E-state index contributed by atoms with van der Waals surface area (Å²) >= 11 is 6.34. The molecule has 0 bridgehead atoms. The number of halogens is 1. The maximum Gasteiger partial charge on any atom is 0.294 e. The largest absolute Gasteiger partial charge is 0.490 e. The van der Waals surface area contributed by atoms with Crippen LogP contribution in [0.3, 0.4) is 0 Å². The number of ether oxygens (including phenoxy) is 2. The molecule has 0 atom stereocenters. The van der Waals surface area contributed by atoms with Crippen LogP contribution in [0.2, 0.25) is 5.02 Å². The van der Waals surface area contributed by atoms with Crippen molar-refractivity contribution in [2.24, 2.45) is 0 Å². The molecule has 8 nitrogen and oxygen atoms in total. The Balaban J connectivity index is 1.51. The van der Waals surface area contributed by atoms with Crippen molar-refractivity contribution in [3.8, 4) is 34.3 Å². The average molecular weight is 487 g/mol. The second-order valence-electron chi connectivity index (χ2n) is 7.50. The van der Waals surface area contributed by atoms with E-state index in [-0.39, 0.29) is 16.3 Å². The number of benzene rings is 3. The number of nitrogens with zero attached hydrogens (tertiary/aromatic N) is 3. The molecule has 174 valence electrons. The number of aromatic amines is 1. The number of hydrogen-bond acceptors (Lipinski definition) is 6. The van der Waals surface area contributed by atoms with Crippen LogP contribution >= 0.6 is 11.6 Å². The maximum absolute atomic E-state index is 12.8. The first-order chi connectivity index (χ1) is 17.0. The van der Waals surface area contributed by atoms with E-state index >= 15 is 0 Å². The fraction of sp³-hybridized carbons (Fsp3) is 0.0769. The van der Waals surface area contributed by atoms with E-state index in [2.05, 4.69) is 15.1 Å². The Labute approximate surface area is 204 Å². The normalized spacial score (nSPS) is 10.9. The van der Waals surface area contributed by atoms with Crippen molar-refractivity contribution >= 4 is 22.5 Å². The minimum Gasteiger partial charge on any atom is -0.490 e. The summed E-state index contributed by atoms with van der Waals surface area (Å²) in [6.07, 6.45) is 1.38. The van der Waals surface area contributed by atoms with Crippen molar-refractivity contribution in [3.05, 3.63) is 105 Å².